The number of H-pyrrole nitrogens is 1. The Morgan fingerprint density at radius 1 is 1.40 bits per heavy atom. The first kappa shape index (κ1) is 11.0. The van der Waals surface area contributed by atoms with E-state index >= 15 is 0 Å². The molecule has 0 radical (unpaired) electrons. The topological polar surface area (TPSA) is 32.9 Å². The van der Waals surface area contributed by atoms with Gasteiger partial charge in [0.15, 0.2) is 0 Å². The summed E-state index contributed by atoms with van der Waals surface area (Å²) in [5.41, 5.74) is 1.21. The normalized spacial score (nSPS) is 10.9. The smallest absolute Gasteiger partial charge is 0.205 e. The lowest BCUT2D eigenvalue weighted by molar-refractivity contribution is 1.35. The molecule has 0 saturated carbocycles. The first-order valence-corrected chi connectivity index (χ1v) is 5.72. The number of aromatic nitrogens is 1. The first-order chi connectivity index (χ1) is 7.02. The van der Waals surface area contributed by atoms with Crippen LogP contribution in [0.15, 0.2) is 21.5 Å². The van der Waals surface area contributed by atoms with Gasteiger partial charge < -0.3 is 4.98 Å². The van der Waals surface area contributed by atoms with Gasteiger partial charge in [-0.1, -0.05) is 23.2 Å². The van der Waals surface area contributed by atoms with Gasteiger partial charge in [-0.05, 0) is 34.5 Å². The summed E-state index contributed by atoms with van der Waals surface area (Å²) in [6, 6.07) is 1.73. The Morgan fingerprint density at radius 2 is 2.07 bits per heavy atom. The van der Waals surface area contributed by atoms with Crippen molar-refractivity contribution in [1.82, 2.24) is 4.98 Å². The number of rotatable bonds is 0. The van der Waals surface area contributed by atoms with Crippen molar-refractivity contribution in [3.05, 3.63) is 42.6 Å². The molecule has 0 unspecified atom stereocenters. The van der Waals surface area contributed by atoms with E-state index in [4.69, 9.17) is 23.2 Å². The zero-order valence-corrected chi connectivity index (χ0v) is 10.8. The Labute approximate surface area is 104 Å². The van der Waals surface area contributed by atoms with E-state index in [9.17, 15) is 4.79 Å². The van der Waals surface area contributed by atoms with Crippen LogP contribution in [0.4, 0.5) is 0 Å². The monoisotopic (exact) mass is 305 g/mol. The number of hydrogen-bond acceptors (Lipinski definition) is 1. The summed E-state index contributed by atoms with van der Waals surface area (Å²) >= 11 is 15.2. The van der Waals surface area contributed by atoms with Gasteiger partial charge in [-0.2, -0.15) is 0 Å². The lowest BCUT2D eigenvalue weighted by atomic mass is 10.1. The standard InChI is InChI=1S/C10H6BrCl2NO/c1-4-2-6(12)9-7(8(4)13)10(15)5(11)3-14-9/h2-3H,1H3,(H,14,15). The zero-order chi connectivity index (χ0) is 11.2. The third-order valence-corrected chi connectivity index (χ3v) is 3.56. The van der Waals surface area contributed by atoms with Gasteiger partial charge in [0.2, 0.25) is 5.43 Å². The van der Waals surface area contributed by atoms with Crippen LogP contribution in [-0.2, 0) is 0 Å². The molecule has 1 heterocycles. The van der Waals surface area contributed by atoms with Gasteiger partial charge in [-0.15, -0.1) is 0 Å². The van der Waals surface area contributed by atoms with Crippen molar-refractivity contribution in [2.45, 2.75) is 6.92 Å². The van der Waals surface area contributed by atoms with Gasteiger partial charge >= 0.3 is 0 Å². The molecule has 0 atom stereocenters. The van der Waals surface area contributed by atoms with Crippen LogP contribution >= 0.6 is 39.1 Å². The fraction of sp³-hybridized carbons (Fsp3) is 0.100. The molecule has 1 N–H and O–H groups in total. The van der Waals surface area contributed by atoms with Crippen LogP contribution in [-0.4, -0.2) is 4.98 Å². The van der Waals surface area contributed by atoms with Crippen LogP contribution < -0.4 is 5.43 Å². The summed E-state index contributed by atoms with van der Waals surface area (Å²) in [5, 5.41) is 1.37. The summed E-state index contributed by atoms with van der Waals surface area (Å²) in [7, 11) is 0. The Balaban J connectivity index is 3.12. The van der Waals surface area contributed by atoms with Crippen molar-refractivity contribution >= 4 is 50.0 Å². The van der Waals surface area contributed by atoms with Crippen molar-refractivity contribution in [3.8, 4) is 0 Å². The second-order valence-corrected chi connectivity index (χ2v) is 4.84. The molecule has 78 valence electrons. The van der Waals surface area contributed by atoms with Gasteiger partial charge in [-0.25, -0.2) is 0 Å². The Morgan fingerprint density at radius 3 is 2.73 bits per heavy atom. The predicted molar refractivity (Wildman–Crippen MR) is 67.0 cm³/mol. The zero-order valence-electron chi connectivity index (χ0n) is 7.70. The van der Waals surface area contributed by atoms with Crippen LogP contribution in [0.5, 0.6) is 0 Å². The molecule has 0 fully saturated rings. The van der Waals surface area contributed by atoms with Crippen molar-refractivity contribution < 1.29 is 0 Å². The van der Waals surface area contributed by atoms with Crippen molar-refractivity contribution in [3.63, 3.8) is 0 Å². The summed E-state index contributed by atoms with van der Waals surface area (Å²) in [6.07, 6.45) is 1.56. The van der Waals surface area contributed by atoms with Gasteiger partial charge in [0.05, 0.1) is 25.4 Å². The van der Waals surface area contributed by atoms with E-state index in [0.29, 0.717) is 25.4 Å². The number of aryl methyl sites for hydroxylation is 1. The maximum atomic E-state index is 11.8. The van der Waals surface area contributed by atoms with Gasteiger partial charge in [0, 0.05) is 6.20 Å². The molecule has 1 aromatic carbocycles. The van der Waals surface area contributed by atoms with E-state index in [-0.39, 0.29) is 5.43 Å². The molecule has 0 bridgehead atoms. The molecule has 5 heteroatoms. The number of pyridine rings is 1. The molecule has 2 aromatic rings. The minimum atomic E-state index is -0.153. The van der Waals surface area contributed by atoms with Crippen LogP contribution in [0.1, 0.15) is 5.56 Å². The molecule has 0 aliphatic carbocycles. The number of benzene rings is 1. The molecule has 2 nitrogen and oxygen atoms in total. The van der Waals surface area contributed by atoms with Crippen molar-refractivity contribution in [2.75, 3.05) is 0 Å². The van der Waals surface area contributed by atoms with E-state index in [1.807, 2.05) is 6.92 Å². The first-order valence-electron chi connectivity index (χ1n) is 4.18. The van der Waals surface area contributed by atoms with E-state index in [0.717, 1.165) is 5.56 Å². The number of nitrogens with one attached hydrogen (secondary N) is 1. The highest BCUT2D eigenvalue weighted by Gasteiger charge is 2.12. The highest BCUT2D eigenvalue weighted by atomic mass is 79.9. The highest BCUT2D eigenvalue weighted by molar-refractivity contribution is 9.10. The molecule has 0 amide bonds. The molecule has 1 aromatic heterocycles. The Hall–Kier alpha value is -0.510. The third-order valence-electron chi connectivity index (χ3n) is 2.18. The van der Waals surface area contributed by atoms with E-state index < -0.39 is 0 Å². The molecule has 0 spiro atoms. The maximum absolute atomic E-state index is 11.8. The minimum Gasteiger partial charge on any atom is -0.359 e. The van der Waals surface area contributed by atoms with Crippen LogP contribution in [0.25, 0.3) is 10.9 Å². The molecular formula is C10H6BrCl2NO. The molecule has 15 heavy (non-hydrogen) atoms. The highest BCUT2D eigenvalue weighted by Crippen LogP contribution is 2.30. The van der Waals surface area contributed by atoms with Crippen LogP contribution in [0.2, 0.25) is 10.0 Å². The lowest BCUT2D eigenvalue weighted by Crippen LogP contribution is -2.05. The molecule has 0 saturated heterocycles. The largest absolute Gasteiger partial charge is 0.359 e. The number of aromatic amines is 1. The number of fused-ring (bicyclic) bond motifs is 1. The second kappa shape index (κ2) is 3.81. The SMILES string of the molecule is Cc1cc(Cl)c2[nH]cc(Br)c(=O)c2c1Cl. The summed E-state index contributed by atoms with van der Waals surface area (Å²) in [6.45, 7) is 1.81. The minimum absolute atomic E-state index is 0.153. The molecular weight excluding hydrogens is 301 g/mol. The predicted octanol–water partition coefficient (Wildman–Crippen LogP) is 3.91. The van der Waals surface area contributed by atoms with E-state index in [1.54, 1.807) is 12.3 Å². The summed E-state index contributed by atoms with van der Waals surface area (Å²) < 4.78 is 0.443. The van der Waals surface area contributed by atoms with E-state index in [1.165, 1.54) is 0 Å². The van der Waals surface area contributed by atoms with Crippen LogP contribution in [0.3, 0.4) is 0 Å². The number of hydrogen-bond donors (Lipinski definition) is 1. The van der Waals surface area contributed by atoms with Gasteiger partial charge in [0.25, 0.3) is 0 Å². The fourth-order valence-corrected chi connectivity index (χ4v) is 2.29. The molecule has 0 aliphatic rings. The Kier molecular flexibility index (Phi) is 2.79. The van der Waals surface area contributed by atoms with Crippen LogP contribution in [0, 0.1) is 6.92 Å². The van der Waals surface area contributed by atoms with Crippen molar-refractivity contribution in [1.29, 1.82) is 0 Å². The third kappa shape index (κ3) is 1.69. The van der Waals surface area contributed by atoms with Gasteiger partial charge in [0.1, 0.15) is 0 Å². The average Bonchev–Trinajstić information content (AvgIpc) is 2.19. The number of halogens is 3. The maximum Gasteiger partial charge on any atom is 0.205 e. The summed E-state index contributed by atoms with van der Waals surface area (Å²) in [4.78, 5) is 14.8. The molecule has 2 rings (SSSR count). The van der Waals surface area contributed by atoms with E-state index in [2.05, 4.69) is 20.9 Å². The summed E-state index contributed by atoms with van der Waals surface area (Å²) in [5.74, 6) is 0. The average molecular weight is 307 g/mol. The fourth-order valence-electron chi connectivity index (χ4n) is 1.43. The lowest BCUT2D eigenvalue weighted by Gasteiger charge is -2.06. The van der Waals surface area contributed by atoms with Crippen molar-refractivity contribution in [2.24, 2.45) is 0 Å². The quantitative estimate of drug-likeness (QED) is 0.786. The Bertz CT molecular complexity index is 606. The second-order valence-electron chi connectivity index (χ2n) is 3.21. The molecule has 0 aliphatic heterocycles. The van der Waals surface area contributed by atoms with Gasteiger partial charge in [-0.3, -0.25) is 4.79 Å².